The maximum Gasteiger partial charge on any atom is 0.225 e. The van der Waals surface area contributed by atoms with Crippen LogP contribution >= 0.6 is 0 Å². The molecule has 1 amide bonds. The summed E-state index contributed by atoms with van der Waals surface area (Å²) < 4.78 is 5.36. The Kier molecular flexibility index (Phi) is 6.45. The van der Waals surface area contributed by atoms with E-state index in [4.69, 9.17) is 4.74 Å². The van der Waals surface area contributed by atoms with E-state index >= 15 is 0 Å². The molecule has 116 valence electrons. The van der Waals surface area contributed by atoms with Gasteiger partial charge in [-0.15, -0.1) is 0 Å². The second-order valence-corrected chi connectivity index (χ2v) is 4.92. The van der Waals surface area contributed by atoms with Crippen LogP contribution in [0.25, 0.3) is 0 Å². The standard InChI is InChI=1S/C18H22N2O2/c1-2-22-17-10-8-16(9-11-17)20-18(21)12-13-19-14-15-6-4-3-5-7-15/h3-11,19H,2,12-14H2,1H3,(H,20,21). The summed E-state index contributed by atoms with van der Waals surface area (Å²) in [4.78, 5) is 11.9. The Morgan fingerprint density at radius 1 is 1.05 bits per heavy atom. The smallest absolute Gasteiger partial charge is 0.225 e. The van der Waals surface area contributed by atoms with E-state index in [0.717, 1.165) is 18.0 Å². The second kappa shape index (κ2) is 8.85. The van der Waals surface area contributed by atoms with Crippen LogP contribution in [0.2, 0.25) is 0 Å². The Morgan fingerprint density at radius 2 is 1.77 bits per heavy atom. The molecule has 0 bridgehead atoms. The van der Waals surface area contributed by atoms with E-state index in [0.29, 0.717) is 19.6 Å². The minimum absolute atomic E-state index is 0.00437. The van der Waals surface area contributed by atoms with Crippen molar-refractivity contribution in [1.82, 2.24) is 5.32 Å². The molecule has 4 nitrogen and oxygen atoms in total. The van der Waals surface area contributed by atoms with Gasteiger partial charge in [0, 0.05) is 25.2 Å². The lowest BCUT2D eigenvalue weighted by atomic mass is 10.2. The molecule has 4 heteroatoms. The van der Waals surface area contributed by atoms with Crippen LogP contribution in [0.15, 0.2) is 54.6 Å². The van der Waals surface area contributed by atoms with Crippen molar-refractivity contribution in [3.05, 3.63) is 60.2 Å². The van der Waals surface area contributed by atoms with Crippen molar-refractivity contribution >= 4 is 11.6 Å². The zero-order valence-corrected chi connectivity index (χ0v) is 12.8. The molecule has 0 atom stereocenters. The first-order valence-corrected chi connectivity index (χ1v) is 7.55. The van der Waals surface area contributed by atoms with Gasteiger partial charge in [0.25, 0.3) is 0 Å². The summed E-state index contributed by atoms with van der Waals surface area (Å²) in [5.74, 6) is 0.815. The van der Waals surface area contributed by atoms with Gasteiger partial charge in [0.15, 0.2) is 0 Å². The highest BCUT2D eigenvalue weighted by atomic mass is 16.5. The SMILES string of the molecule is CCOc1ccc(NC(=O)CCNCc2ccccc2)cc1. The predicted molar refractivity (Wildman–Crippen MR) is 89.0 cm³/mol. The number of nitrogens with one attached hydrogen (secondary N) is 2. The average Bonchev–Trinajstić information content (AvgIpc) is 2.55. The van der Waals surface area contributed by atoms with Gasteiger partial charge in [-0.1, -0.05) is 30.3 Å². The maximum atomic E-state index is 11.9. The van der Waals surface area contributed by atoms with E-state index in [9.17, 15) is 4.79 Å². The van der Waals surface area contributed by atoms with Crippen molar-refractivity contribution in [3.63, 3.8) is 0 Å². The number of anilines is 1. The summed E-state index contributed by atoms with van der Waals surface area (Å²) in [7, 11) is 0. The topological polar surface area (TPSA) is 50.4 Å². The van der Waals surface area contributed by atoms with Gasteiger partial charge in [-0.25, -0.2) is 0 Å². The minimum Gasteiger partial charge on any atom is -0.494 e. The lowest BCUT2D eigenvalue weighted by molar-refractivity contribution is -0.116. The molecule has 0 spiro atoms. The third-order valence-electron chi connectivity index (χ3n) is 3.15. The fourth-order valence-corrected chi connectivity index (χ4v) is 2.06. The highest BCUT2D eigenvalue weighted by molar-refractivity contribution is 5.90. The summed E-state index contributed by atoms with van der Waals surface area (Å²) in [6.45, 7) is 4.01. The largest absolute Gasteiger partial charge is 0.494 e. The van der Waals surface area contributed by atoms with Crippen LogP contribution < -0.4 is 15.4 Å². The summed E-state index contributed by atoms with van der Waals surface area (Å²) in [6.07, 6.45) is 0.444. The number of amides is 1. The Bertz CT molecular complexity index is 567. The van der Waals surface area contributed by atoms with E-state index < -0.39 is 0 Å². The van der Waals surface area contributed by atoms with Crippen molar-refractivity contribution in [2.24, 2.45) is 0 Å². The van der Waals surface area contributed by atoms with E-state index in [1.54, 1.807) is 0 Å². The normalized spacial score (nSPS) is 10.2. The zero-order valence-electron chi connectivity index (χ0n) is 12.8. The average molecular weight is 298 g/mol. The molecule has 0 aliphatic heterocycles. The highest BCUT2D eigenvalue weighted by Gasteiger charge is 2.02. The molecular formula is C18H22N2O2. The molecule has 0 aliphatic rings. The molecule has 2 aromatic rings. The molecular weight excluding hydrogens is 276 g/mol. The Balaban J connectivity index is 1.67. The van der Waals surface area contributed by atoms with Crippen LogP contribution in [0.5, 0.6) is 5.75 Å². The zero-order chi connectivity index (χ0) is 15.6. The van der Waals surface area contributed by atoms with Gasteiger partial charge in [-0.2, -0.15) is 0 Å². The number of carbonyl (C=O) groups is 1. The molecule has 0 saturated heterocycles. The first kappa shape index (κ1) is 16.0. The van der Waals surface area contributed by atoms with Gasteiger partial charge in [-0.05, 0) is 36.8 Å². The first-order chi connectivity index (χ1) is 10.8. The summed E-state index contributed by atoms with van der Waals surface area (Å²) in [5.41, 5.74) is 2.01. The Labute approximate surface area is 131 Å². The molecule has 0 saturated carbocycles. The summed E-state index contributed by atoms with van der Waals surface area (Å²) in [5, 5.41) is 6.14. The fourth-order valence-electron chi connectivity index (χ4n) is 2.06. The Morgan fingerprint density at radius 3 is 2.45 bits per heavy atom. The molecule has 0 aliphatic carbocycles. The quantitative estimate of drug-likeness (QED) is 0.736. The number of ether oxygens (including phenoxy) is 1. The Hall–Kier alpha value is -2.33. The van der Waals surface area contributed by atoms with Gasteiger partial charge in [-0.3, -0.25) is 4.79 Å². The highest BCUT2D eigenvalue weighted by Crippen LogP contribution is 2.15. The van der Waals surface area contributed by atoms with Crippen molar-refractivity contribution < 1.29 is 9.53 Å². The van der Waals surface area contributed by atoms with Gasteiger partial charge in [0.05, 0.1) is 6.61 Å². The molecule has 2 N–H and O–H groups in total. The lowest BCUT2D eigenvalue weighted by Crippen LogP contribution is -2.21. The molecule has 0 aromatic heterocycles. The van der Waals surface area contributed by atoms with Crippen LogP contribution in [0.1, 0.15) is 18.9 Å². The molecule has 0 heterocycles. The third-order valence-corrected chi connectivity index (χ3v) is 3.15. The number of rotatable bonds is 8. The summed E-state index contributed by atoms with van der Waals surface area (Å²) in [6, 6.07) is 17.5. The lowest BCUT2D eigenvalue weighted by Gasteiger charge is -2.08. The van der Waals surface area contributed by atoms with Gasteiger partial charge in [0.1, 0.15) is 5.75 Å². The minimum atomic E-state index is 0.00437. The first-order valence-electron chi connectivity index (χ1n) is 7.55. The summed E-state index contributed by atoms with van der Waals surface area (Å²) >= 11 is 0. The second-order valence-electron chi connectivity index (χ2n) is 4.92. The van der Waals surface area contributed by atoms with Crippen LogP contribution in [0.4, 0.5) is 5.69 Å². The van der Waals surface area contributed by atoms with Gasteiger partial charge in [0.2, 0.25) is 5.91 Å². The molecule has 0 radical (unpaired) electrons. The van der Waals surface area contributed by atoms with E-state index in [-0.39, 0.29) is 5.91 Å². The molecule has 22 heavy (non-hydrogen) atoms. The van der Waals surface area contributed by atoms with Crippen molar-refractivity contribution in [1.29, 1.82) is 0 Å². The van der Waals surface area contributed by atoms with Crippen LogP contribution in [-0.2, 0) is 11.3 Å². The molecule has 0 fully saturated rings. The van der Waals surface area contributed by atoms with Crippen LogP contribution in [-0.4, -0.2) is 19.1 Å². The van der Waals surface area contributed by atoms with E-state index in [1.165, 1.54) is 5.56 Å². The number of carbonyl (C=O) groups excluding carboxylic acids is 1. The molecule has 2 aromatic carbocycles. The van der Waals surface area contributed by atoms with E-state index in [2.05, 4.69) is 22.8 Å². The number of hydrogen-bond acceptors (Lipinski definition) is 3. The van der Waals surface area contributed by atoms with Crippen molar-refractivity contribution in [2.45, 2.75) is 19.9 Å². The van der Waals surface area contributed by atoms with Gasteiger partial charge >= 0.3 is 0 Å². The third kappa shape index (κ3) is 5.58. The van der Waals surface area contributed by atoms with Crippen molar-refractivity contribution in [3.8, 4) is 5.75 Å². The molecule has 2 rings (SSSR count). The fraction of sp³-hybridized carbons (Fsp3) is 0.278. The van der Waals surface area contributed by atoms with Crippen molar-refractivity contribution in [2.75, 3.05) is 18.5 Å². The van der Waals surface area contributed by atoms with E-state index in [1.807, 2.05) is 49.4 Å². The monoisotopic (exact) mass is 298 g/mol. The number of benzene rings is 2. The number of hydrogen-bond donors (Lipinski definition) is 2. The maximum absolute atomic E-state index is 11.9. The van der Waals surface area contributed by atoms with Crippen LogP contribution in [0, 0.1) is 0 Å². The van der Waals surface area contributed by atoms with Crippen LogP contribution in [0.3, 0.4) is 0 Å². The predicted octanol–water partition coefficient (Wildman–Crippen LogP) is 3.20. The molecule has 0 unspecified atom stereocenters. The van der Waals surface area contributed by atoms with Gasteiger partial charge < -0.3 is 15.4 Å².